The summed E-state index contributed by atoms with van der Waals surface area (Å²) in [6.45, 7) is 7.10. The number of aliphatic hydroxyl groups is 1. The molecule has 1 unspecified atom stereocenters. The molecule has 0 aromatic heterocycles. The van der Waals surface area contributed by atoms with E-state index in [0.717, 1.165) is 23.2 Å². The molecule has 0 saturated carbocycles. The normalized spacial score (nSPS) is 33.2. The average Bonchev–Trinajstić information content (AvgIpc) is 3.08. The predicted molar refractivity (Wildman–Crippen MR) is 140 cm³/mol. The molecule has 2 fully saturated rings. The number of carbonyl (C=O) groups excluding carboxylic acids is 3. The third-order valence-electron chi connectivity index (χ3n) is 8.08. The van der Waals surface area contributed by atoms with Crippen molar-refractivity contribution >= 4 is 35.2 Å². The predicted octanol–water partition coefficient (Wildman–Crippen LogP) is 3.17. The maximum Gasteiger partial charge on any atom is 0.311 e. The van der Waals surface area contributed by atoms with Crippen LogP contribution in [0.1, 0.15) is 37.3 Å². The molecule has 4 aliphatic rings. The number of fused-ring (bicyclic) bond motifs is 2. The summed E-state index contributed by atoms with van der Waals surface area (Å²) in [5.74, 6) is -1.98. The fourth-order valence-corrected chi connectivity index (χ4v) is 8.75. The highest BCUT2D eigenvalue weighted by atomic mass is 32.2. The van der Waals surface area contributed by atoms with Gasteiger partial charge in [-0.2, -0.15) is 0 Å². The van der Waals surface area contributed by atoms with Gasteiger partial charge in [0.15, 0.2) is 0 Å². The van der Waals surface area contributed by atoms with Crippen molar-refractivity contribution in [3.05, 3.63) is 53.6 Å². The number of anilines is 1. The van der Waals surface area contributed by atoms with Crippen LogP contribution >= 0.6 is 11.8 Å². The highest BCUT2D eigenvalue weighted by Crippen LogP contribution is 2.65. The number of benzene rings is 1. The molecule has 0 radical (unpaired) electrons. The molecule has 4 heterocycles. The summed E-state index contributed by atoms with van der Waals surface area (Å²) in [6.07, 6.45) is 9.96. The van der Waals surface area contributed by atoms with Crippen LogP contribution in [-0.4, -0.2) is 69.6 Å². The first-order valence-corrected chi connectivity index (χ1v) is 13.6. The van der Waals surface area contributed by atoms with Crippen LogP contribution < -0.4 is 4.90 Å². The number of hydrogen-bond donors (Lipinski definition) is 1. The van der Waals surface area contributed by atoms with Gasteiger partial charge in [-0.3, -0.25) is 14.4 Å². The first kappa shape index (κ1) is 25.1. The summed E-state index contributed by atoms with van der Waals surface area (Å²) >= 11 is 1.57. The minimum absolute atomic E-state index is 0.0976. The van der Waals surface area contributed by atoms with E-state index in [0.29, 0.717) is 25.9 Å². The molecule has 1 N–H and O–H groups in total. The molecule has 4 aliphatic heterocycles. The number of thioether (sulfide) groups is 1. The van der Waals surface area contributed by atoms with Crippen molar-refractivity contribution in [3.8, 4) is 0 Å². The van der Waals surface area contributed by atoms with Gasteiger partial charge in [0.2, 0.25) is 5.91 Å². The first-order valence-electron chi connectivity index (χ1n) is 12.8. The van der Waals surface area contributed by atoms with Crippen molar-refractivity contribution < 1.29 is 24.2 Å². The van der Waals surface area contributed by atoms with Gasteiger partial charge in [0.25, 0.3) is 5.91 Å². The van der Waals surface area contributed by atoms with Crippen LogP contribution in [0, 0.1) is 25.7 Å². The topological polar surface area (TPSA) is 87.2 Å². The zero-order valence-corrected chi connectivity index (χ0v) is 21.9. The Hall–Kier alpha value is -2.58. The van der Waals surface area contributed by atoms with E-state index in [1.807, 2.05) is 68.2 Å². The molecular formula is C28H34N2O5S. The lowest BCUT2D eigenvalue weighted by atomic mass is 9.75. The number of ether oxygens (including phenoxy) is 1. The van der Waals surface area contributed by atoms with E-state index >= 15 is 0 Å². The summed E-state index contributed by atoms with van der Waals surface area (Å²) in [5.41, 5.74) is 2.89. The molecule has 1 aromatic carbocycles. The summed E-state index contributed by atoms with van der Waals surface area (Å²) in [7, 11) is 0. The molecule has 5 rings (SSSR count). The van der Waals surface area contributed by atoms with E-state index in [1.165, 1.54) is 0 Å². The summed E-state index contributed by atoms with van der Waals surface area (Å²) in [6, 6.07) is 5.26. The molecule has 0 bridgehead atoms. The Morgan fingerprint density at radius 2 is 1.78 bits per heavy atom. The minimum atomic E-state index is -0.864. The van der Waals surface area contributed by atoms with Gasteiger partial charge in [-0.1, -0.05) is 36.4 Å². The van der Waals surface area contributed by atoms with Gasteiger partial charge in [-0.25, -0.2) is 0 Å². The van der Waals surface area contributed by atoms with Crippen molar-refractivity contribution in [2.75, 3.05) is 31.2 Å². The molecule has 7 nitrogen and oxygen atoms in total. The molecule has 2 amide bonds. The number of hydrogen-bond acceptors (Lipinski definition) is 6. The Morgan fingerprint density at radius 1 is 1.03 bits per heavy atom. The number of carbonyl (C=O) groups is 3. The minimum Gasteiger partial charge on any atom is -0.461 e. The molecule has 192 valence electrons. The van der Waals surface area contributed by atoms with Gasteiger partial charge in [-0.15, -0.1) is 11.8 Å². The number of cyclic esters (lactones) is 1. The van der Waals surface area contributed by atoms with Crippen LogP contribution in [0.3, 0.4) is 0 Å². The average molecular weight is 511 g/mol. The lowest BCUT2D eigenvalue weighted by Gasteiger charge is -2.37. The van der Waals surface area contributed by atoms with Crippen LogP contribution in [-0.2, 0) is 19.1 Å². The Kier molecular flexibility index (Phi) is 6.53. The first-order chi connectivity index (χ1) is 17.2. The number of esters is 1. The molecule has 36 heavy (non-hydrogen) atoms. The van der Waals surface area contributed by atoms with E-state index in [-0.39, 0.29) is 31.0 Å². The Morgan fingerprint density at radius 3 is 2.50 bits per heavy atom. The van der Waals surface area contributed by atoms with Crippen LogP contribution in [0.4, 0.5) is 5.69 Å². The number of amides is 2. The van der Waals surface area contributed by atoms with Crippen molar-refractivity contribution in [3.63, 3.8) is 0 Å². The maximum atomic E-state index is 14.5. The monoisotopic (exact) mass is 510 g/mol. The number of aryl methyl sites for hydroxylation is 2. The van der Waals surface area contributed by atoms with Gasteiger partial charge in [0.1, 0.15) is 12.6 Å². The van der Waals surface area contributed by atoms with Crippen molar-refractivity contribution in [2.45, 2.75) is 55.6 Å². The number of para-hydroxylation sites is 1. The van der Waals surface area contributed by atoms with Crippen molar-refractivity contribution in [2.24, 2.45) is 11.8 Å². The maximum absolute atomic E-state index is 14.5. The summed E-state index contributed by atoms with van der Waals surface area (Å²) < 4.78 is 3.98. The van der Waals surface area contributed by atoms with Gasteiger partial charge in [0.05, 0.1) is 16.6 Å². The van der Waals surface area contributed by atoms with Crippen LogP contribution in [0.15, 0.2) is 42.5 Å². The van der Waals surface area contributed by atoms with Gasteiger partial charge < -0.3 is 19.6 Å². The van der Waals surface area contributed by atoms with Crippen molar-refractivity contribution in [1.29, 1.82) is 0 Å². The van der Waals surface area contributed by atoms with E-state index in [2.05, 4.69) is 0 Å². The molecule has 2 saturated heterocycles. The number of unbranched alkanes of at least 4 members (excludes halogenated alkanes) is 2. The third kappa shape index (κ3) is 3.72. The second-order valence-corrected chi connectivity index (χ2v) is 12.2. The lowest BCUT2D eigenvalue weighted by Crippen LogP contribution is -2.53. The van der Waals surface area contributed by atoms with E-state index < -0.39 is 27.4 Å². The zero-order chi connectivity index (χ0) is 25.7. The number of rotatable bonds is 6. The van der Waals surface area contributed by atoms with Crippen LogP contribution in [0.5, 0.6) is 0 Å². The molecule has 0 aliphatic carbocycles. The standard InChI is InChI=1S/C28H34N2O5S/c1-18-10-7-11-19(2)22(18)29-15-8-13-28-20(21-26(34)35-17-9-12-27(21,3)36-28)24(32)30(23(28)25(29)33)14-5-4-6-16-31/h7-13,20-21,23,31H,4-6,14-17H2,1-3H3/t20-,21-,23?,27+,28-/m0/s1. The summed E-state index contributed by atoms with van der Waals surface area (Å²) in [4.78, 5) is 45.3. The van der Waals surface area contributed by atoms with Crippen LogP contribution in [0.2, 0.25) is 0 Å². The molecule has 8 heteroatoms. The number of nitrogens with zero attached hydrogens (tertiary/aromatic N) is 2. The zero-order valence-electron chi connectivity index (χ0n) is 21.1. The van der Waals surface area contributed by atoms with E-state index in [4.69, 9.17) is 4.74 Å². The van der Waals surface area contributed by atoms with E-state index in [1.54, 1.807) is 16.7 Å². The van der Waals surface area contributed by atoms with Gasteiger partial charge in [0, 0.05) is 30.1 Å². The van der Waals surface area contributed by atoms with E-state index in [9.17, 15) is 19.5 Å². The second-order valence-electron chi connectivity index (χ2n) is 10.4. The molecular weight excluding hydrogens is 476 g/mol. The highest BCUT2D eigenvalue weighted by molar-refractivity contribution is 8.02. The highest BCUT2D eigenvalue weighted by Gasteiger charge is 2.74. The number of likely N-dealkylation sites (tertiary alicyclic amines) is 1. The van der Waals surface area contributed by atoms with Gasteiger partial charge >= 0.3 is 5.97 Å². The number of aliphatic hydroxyl groups excluding tert-OH is 1. The Labute approximate surface area is 216 Å². The second kappa shape index (κ2) is 9.38. The smallest absolute Gasteiger partial charge is 0.311 e. The Bertz CT molecular complexity index is 1130. The molecule has 5 atom stereocenters. The fraction of sp³-hybridized carbons (Fsp3) is 0.536. The fourth-order valence-electron chi connectivity index (χ4n) is 6.60. The third-order valence-corrected chi connectivity index (χ3v) is 9.88. The largest absolute Gasteiger partial charge is 0.461 e. The van der Waals surface area contributed by atoms with Gasteiger partial charge in [-0.05, 0) is 57.2 Å². The van der Waals surface area contributed by atoms with Crippen LogP contribution in [0.25, 0.3) is 0 Å². The molecule has 1 spiro atoms. The SMILES string of the molecule is Cc1cccc(C)c1N1CC=C[C@]23S[C@]4(C)C=CCOC(=O)[C@@H]4[C@H]2C(=O)N(CCCCCO)C3C1=O. The quantitative estimate of drug-likeness (QED) is 0.359. The van der Waals surface area contributed by atoms with Crippen molar-refractivity contribution in [1.82, 2.24) is 4.90 Å². The Balaban J connectivity index is 1.62. The summed E-state index contributed by atoms with van der Waals surface area (Å²) in [5, 5.41) is 9.22. The lowest BCUT2D eigenvalue weighted by molar-refractivity contribution is -0.152. The molecule has 1 aromatic rings.